The first kappa shape index (κ1) is 32.8. The summed E-state index contributed by atoms with van der Waals surface area (Å²) in [4.78, 5) is 2.35. The highest BCUT2D eigenvalue weighted by molar-refractivity contribution is 7.26. The Morgan fingerprint density at radius 1 is 0.328 bits per heavy atom. The van der Waals surface area contributed by atoms with Crippen molar-refractivity contribution in [3.05, 3.63) is 212 Å². The number of rotatable bonds is 6. The van der Waals surface area contributed by atoms with E-state index < -0.39 is 0 Å². The van der Waals surface area contributed by atoms with Crippen molar-refractivity contribution < 1.29 is 0 Å². The molecule has 0 saturated heterocycles. The molecule has 3 aromatic heterocycles. The van der Waals surface area contributed by atoms with E-state index in [2.05, 4.69) is 226 Å². The molecule has 3 heterocycles. The molecule has 0 fully saturated rings. The van der Waals surface area contributed by atoms with Crippen molar-refractivity contribution in [2.45, 2.75) is 0 Å². The minimum absolute atomic E-state index is 1.12. The summed E-state index contributed by atoms with van der Waals surface area (Å²) >= 11 is 1.88. The summed E-state index contributed by atoms with van der Waals surface area (Å²) in [6, 6.07) is 77.3. The van der Waals surface area contributed by atoms with E-state index in [-0.39, 0.29) is 0 Å². The van der Waals surface area contributed by atoms with Gasteiger partial charge in [0.05, 0.1) is 22.1 Å². The van der Waals surface area contributed by atoms with Crippen LogP contribution in [0, 0.1) is 0 Å². The molecule has 3 nitrogen and oxygen atoms in total. The third kappa shape index (κ3) is 5.05. The number of hydrogen-bond donors (Lipinski definition) is 0. The zero-order valence-electron chi connectivity index (χ0n) is 31.5. The fourth-order valence-electron chi connectivity index (χ4n) is 9.11. The van der Waals surface area contributed by atoms with E-state index in [1.54, 1.807) is 0 Å². The molecule has 0 aliphatic rings. The Kier molecular flexibility index (Phi) is 7.40. The average Bonchev–Trinajstić information content (AvgIpc) is 3.94. The molecule has 0 aliphatic carbocycles. The van der Waals surface area contributed by atoms with Gasteiger partial charge in [-0.2, -0.15) is 0 Å². The van der Waals surface area contributed by atoms with E-state index in [1.807, 2.05) is 11.3 Å². The van der Waals surface area contributed by atoms with Crippen molar-refractivity contribution in [3.63, 3.8) is 0 Å². The molecule has 0 N–H and O–H groups in total. The van der Waals surface area contributed by atoms with Gasteiger partial charge in [0.2, 0.25) is 0 Å². The zero-order chi connectivity index (χ0) is 38.2. The van der Waals surface area contributed by atoms with Crippen molar-refractivity contribution in [1.29, 1.82) is 0 Å². The average molecular weight is 758 g/mol. The molecular formula is C54H35N3S. The largest absolute Gasteiger partial charge is 0.310 e. The first-order chi connectivity index (χ1) is 28.8. The van der Waals surface area contributed by atoms with Crippen LogP contribution in [0.25, 0.3) is 86.3 Å². The van der Waals surface area contributed by atoms with E-state index >= 15 is 0 Å². The lowest BCUT2D eigenvalue weighted by atomic mass is 10.0. The fourth-order valence-corrected chi connectivity index (χ4v) is 10.3. The molecule has 12 aromatic rings. The third-order valence-corrected chi connectivity index (χ3v) is 12.9. The number of hydrogen-bond acceptors (Lipinski definition) is 2. The molecule has 58 heavy (non-hydrogen) atoms. The Bertz CT molecular complexity index is 3450. The highest BCUT2D eigenvalue weighted by Crippen LogP contribution is 2.44. The minimum atomic E-state index is 1.12. The Balaban J connectivity index is 1.08. The number of fused-ring (bicyclic) bond motifs is 9. The zero-order valence-corrected chi connectivity index (χ0v) is 32.3. The Morgan fingerprint density at radius 3 is 1.60 bits per heavy atom. The maximum absolute atomic E-state index is 2.44. The van der Waals surface area contributed by atoms with E-state index in [0.29, 0.717) is 0 Å². The van der Waals surface area contributed by atoms with Crippen LogP contribution < -0.4 is 4.90 Å². The van der Waals surface area contributed by atoms with Gasteiger partial charge >= 0.3 is 0 Å². The fraction of sp³-hybridized carbons (Fsp3) is 0. The lowest BCUT2D eigenvalue weighted by molar-refractivity contribution is 1.16. The Hall–Kier alpha value is -7.40. The first-order valence-electron chi connectivity index (χ1n) is 19.8. The van der Waals surface area contributed by atoms with Crippen LogP contribution in [0.4, 0.5) is 17.1 Å². The summed E-state index contributed by atoms with van der Waals surface area (Å²) in [6.45, 7) is 0. The van der Waals surface area contributed by atoms with Gasteiger partial charge in [-0.15, -0.1) is 11.3 Å². The molecule has 0 bridgehead atoms. The molecule has 0 amide bonds. The third-order valence-electron chi connectivity index (χ3n) is 11.7. The van der Waals surface area contributed by atoms with Crippen LogP contribution in [0.1, 0.15) is 0 Å². The minimum Gasteiger partial charge on any atom is -0.310 e. The van der Waals surface area contributed by atoms with Gasteiger partial charge in [-0.3, -0.25) is 0 Å². The molecule has 9 aromatic carbocycles. The van der Waals surface area contributed by atoms with Crippen molar-refractivity contribution in [3.8, 4) is 22.5 Å². The summed E-state index contributed by atoms with van der Waals surface area (Å²) in [6.07, 6.45) is 0. The number of thiophene rings is 1. The second-order valence-corrected chi connectivity index (χ2v) is 16.0. The molecule has 0 atom stereocenters. The smallest absolute Gasteiger partial charge is 0.0562 e. The predicted molar refractivity (Wildman–Crippen MR) is 248 cm³/mol. The second-order valence-electron chi connectivity index (χ2n) is 14.9. The number of anilines is 3. The van der Waals surface area contributed by atoms with E-state index in [0.717, 1.165) is 28.4 Å². The van der Waals surface area contributed by atoms with Gasteiger partial charge in [0, 0.05) is 70.2 Å². The monoisotopic (exact) mass is 757 g/mol. The normalized spacial score (nSPS) is 11.8. The van der Waals surface area contributed by atoms with Gasteiger partial charge in [0.1, 0.15) is 0 Å². The summed E-state index contributed by atoms with van der Waals surface area (Å²) in [5.74, 6) is 0. The first-order valence-corrected chi connectivity index (χ1v) is 20.6. The van der Waals surface area contributed by atoms with Crippen LogP contribution in [0.15, 0.2) is 212 Å². The quantitative estimate of drug-likeness (QED) is 0.165. The topological polar surface area (TPSA) is 13.1 Å². The summed E-state index contributed by atoms with van der Waals surface area (Å²) in [5.41, 5.74) is 12.9. The lowest BCUT2D eigenvalue weighted by Crippen LogP contribution is -2.09. The van der Waals surface area contributed by atoms with E-state index in [4.69, 9.17) is 0 Å². The summed E-state index contributed by atoms with van der Waals surface area (Å²) in [7, 11) is 0. The van der Waals surface area contributed by atoms with Crippen molar-refractivity contribution in [2.75, 3.05) is 4.90 Å². The maximum Gasteiger partial charge on any atom is 0.0562 e. The second kappa shape index (κ2) is 13.1. The van der Waals surface area contributed by atoms with E-state index in [9.17, 15) is 0 Å². The van der Waals surface area contributed by atoms with Crippen LogP contribution in [0.3, 0.4) is 0 Å². The SMILES string of the molecule is c1ccc(N(c2ccccc2)c2ccc3c(c2)c2cc4c5ccccc5n(-c5ccc(-c6cccc7c6sc6ccccc67)cc5)c4cc2n3-c2ccccc2)cc1. The van der Waals surface area contributed by atoms with Gasteiger partial charge in [0.15, 0.2) is 0 Å². The number of aromatic nitrogens is 2. The van der Waals surface area contributed by atoms with Crippen molar-refractivity contribution >= 4 is 92.2 Å². The lowest BCUT2D eigenvalue weighted by Gasteiger charge is -2.25. The van der Waals surface area contributed by atoms with Crippen LogP contribution in [0.5, 0.6) is 0 Å². The van der Waals surface area contributed by atoms with Gasteiger partial charge in [-0.05, 0) is 102 Å². The number of para-hydroxylation sites is 4. The molecule has 12 rings (SSSR count). The maximum atomic E-state index is 2.44. The van der Waals surface area contributed by atoms with Crippen molar-refractivity contribution in [2.24, 2.45) is 0 Å². The van der Waals surface area contributed by atoms with Crippen molar-refractivity contribution in [1.82, 2.24) is 9.13 Å². The van der Waals surface area contributed by atoms with Gasteiger partial charge in [-0.25, -0.2) is 0 Å². The molecule has 0 unspecified atom stereocenters. The van der Waals surface area contributed by atoms with Gasteiger partial charge in [-0.1, -0.05) is 121 Å². The van der Waals surface area contributed by atoms with Crippen LogP contribution in [-0.2, 0) is 0 Å². The standard InChI is InChI=1S/C54H35N3S/c1-4-15-37(16-5-1)55(38-17-6-2-7-18-38)41-31-32-50-46(33-41)48-34-47-43-21-10-12-25-49(43)57(51(47)35-52(48)56(50)39-19-8-3-9-20-39)40-29-27-36(28-30-40)42-23-14-24-45-44-22-11-13-26-53(44)58-54(42)45/h1-35H. The number of benzene rings is 9. The molecule has 0 saturated carbocycles. The van der Waals surface area contributed by atoms with Gasteiger partial charge < -0.3 is 14.0 Å². The van der Waals surface area contributed by atoms with Gasteiger partial charge in [0.25, 0.3) is 0 Å². The van der Waals surface area contributed by atoms with Crippen LogP contribution in [0.2, 0.25) is 0 Å². The summed E-state index contributed by atoms with van der Waals surface area (Å²) in [5, 5.41) is 7.57. The highest BCUT2D eigenvalue weighted by Gasteiger charge is 2.21. The molecular weight excluding hydrogens is 723 g/mol. The van der Waals surface area contributed by atoms with E-state index in [1.165, 1.54) is 74.9 Å². The molecule has 0 aliphatic heterocycles. The van der Waals surface area contributed by atoms with Crippen LogP contribution in [-0.4, -0.2) is 9.13 Å². The highest BCUT2D eigenvalue weighted by atomic mass is 32.1. The summed E-state index contributed by atoms with van der Waals surface area (Å²) < 4.78 is 7.54. The van der Waals surface area contributed by atoms with Crippen LogP contribution >= 0.6 is 11.3 Å². The molecule has 4 heteroatoms. The molecule has 0 radical (unpaired) electrons. The predicted octanol–water partition coefficient (Wildman–Crippen LogP) is 15.4. The Labute approximate surface area is 339 Å². The Morgan fingerprint density at radius 2 is 0.879 bits per heavy atom. The molecule has 0 spiro atoms. The number of nitrogens with zero attached hydrogens (tertiary/aromatic N) is 3. The molecule has 272 valence electrons.